The third kappa shape index (κ3) is 4.59. The minimum atomic E-state index is -0.922. The maximum atomic E-state index is 10.9. The fourth-order valence-electron chi connectivity index (χ4n) is 2.27. The van der Waals surface area contributed by atoms with E-state index in [0.717, 1.165) is 22.5 Å². The van der Waals surface area contributed by atoms with Crippen molar-refractivity contribution in [1.29, 1.82) is 0 Å². The molecule has 4 nitrogen and oxygen atoms in total. The van der Waals surface area contributed by atoms with Gasteiger partial charge in [0, 0.05) is 22.0 Å². The average molecular weight is 371 g/mol. The summed E-state index contributed by atoms with van der Waals surface area (Å²) >= 11 is 7.45. The monoisotopic (exact) mass is 370 g/mol. The molecule has 3 rings (SSSR count). The van der Waals surface area contributed by atoms with Gasteiger partial charge in [0.25, 0.3) is 0 Å². The van der Waals surface area contributed by atoms with E-state index in [0.29, 0.717) is 15.9 Å². The molecule has 6 heteroatoms. The molecule has 0 aliphatic carbocycles. The van der Waals surface area contributed by atoms with Gasteiger partial charge in [0.15, 0.2) is 5.16 Å². The van der Waals surface area contributed by atoms with Crippen LogP contribution in [-0.4, -0.2) is 21.0 Å². The number of rotatable bonds is 5. The first-order valence-corrected chi connectivity index (χ1v) is 8.94. The number of aromatic carboxylic acids is 1. The minimum Gasteiger partial charge on any atom is -0.478 e. The highest BCUT2D eigenvalue weighted by Gasteiger charge is 2.07. The Morgan fingerprint density at radius 3 is 2.40 bits per heavy atom. The van der Waals surface area contributed by atoms with Crippen molar-refractivity contribution >= 4 is 29.3 Å². The Kier molecular flexibility index (Phi) is 5.36. The van der Waals surface area contributed by atoms with E-state index in [4.69, 9.17) is 16.7 Å². The smallest absolute Gasteiger partial charge is 0.335 e. The molecule has 0 amide bonds. The van der Waals surface area contributed by atoms with Crippen LogP contribution in [0.1, 0.15) is 21.6 Å². The second-order valence-corrected chi connectivity index (χ2v) is 6.85. The normalized spacial score (nSPS) is 10.6. The van der Waals surface area contributed by atoms with Crippen molar-refractivity contribution < 1.29 is 9.90 Å². The zero-order chi connectivity index (χ0) is 17.8. The summed E-state index contributed by atoms with van der Waals surface area (Å²) in [5.74, 6) is -0.252. The number of carboxylic acid groups (broad SMARTS) is 1. The lowest BCUT2D eigenvalue weighted by Gasteiger charge is -2.07. The number of carbonyl (C=O) groups is 1. The quantitative estimate of drug-likeness (QED) is 0.500. The minimum absolute atomic E-state index is 0.283. The van der Waals surface area contributed by atoms with E-state index in [-0.39, 0.29) is 5.56 Å². The van der Waals surface area contributed by atoms with Crippen molar-refractivity contribution in [3.63, 3.8) is 0 Å². The summed E-state index contributed by atoms with van der Waals surface area (Å²) < 4.78 is 0. The molecule has 0 aliphatic rings. The van der Waals surface area contributed by atoms with E-state index in [9.17, 15) is 4.79 Å². The summed E-state index contributed by atoms with van der Waals surface area (Å²) in [7, 11) is 0. The van der Waals surface area contributed by atoms with Gasteiger partial charge in [-0.15, -0.1) is 0 Å². The van der Waals surface area contributed by atoms with Crippen LogP contribution in [0.3, 0.4) is 0 Å². The molecule has 1 heterocycles. The molecule has 0 saturated heterocycles. The Bertz CT molecular complexity index is 896. The number of nitrogens with zero attached hydrogens (tertiary/aromatic N) is 2. The zero-order valence-corrected chi connectivity index (χ0v) is 15.0. The van der Waals surface area contributed by atoms with Crippen LogP contribution in [-0.2, 0) is 5.75 Å². The van der Waals surface area contributed by atoms with Crippen LogP contribution in [0, 0.1) is 6.92 Å². The lowest BCUT2D eigenvalue weighted by molar-refractivity contribution is 0.0697. The molecule has 2 aromatic carbocycles. The van der Waals surface area contributed by atoms with E-state index in [2.05, 4.69) is 9.97 Å². The van der Waals surface area contributed by atoms with Crippen molar-refractivity contribution in [3.8, 4) is 11.3 Å². The highest BCUT2D eigenvalue weighted by atomic mass is 35.5. The first-order valence-electron chi connectivity index (χ1n) is 7.58. The summed E-state index contributed by atoms with van der Waals surface area (Å²) in [4.78, 5) is 20.0. The predicted octanol–water partition coefficient (Wildman–Crippen LogP) is 5.10. The van der Waals surface area contributed by atoms with E-state index in [1.807, 2.05) is 49.4 Å². The number of hydrogen-bond acceptors (Lipinski definition) is 4. The molecule has 0 aliphatic heterocycles. The third-order valence-electron chi connectivity index (χ3n) is 3.54. The molecular formula is C19H15ClN2O2S. The number of thioether (sulfide) groups is 1. The Morgan fingerprint density at radius 2 is 1.76 bits per heavy atom. The van der Waals surface area contributed by atoms with Crippen LogP contribution in [0.5, 0.6) is 0 Å². The molecule has 0 fully saturated rings. The van der Waals surface area contributed by atoms with Gasteiger partial charge in [-0.05, 0) is 42.8 Å². The summed E-state index contributed by atoms with van der Waals surface area (Å²) in [5, 5.41) is 10.3. The van der Waals surface area contributed by atoms with Crippen LogP contribution in [0.2, 0.25) is 5.02 Å². The topological polar surface area (TPSA) is 63.1 Å². The van der Waals surface area contributed by atoms with Crippen LogP contribution in [0.25, 0.3) is 11.3 Å². The fraction of sp³-hybridized carbons (Fsp3) is 0.105. The number of halogens is 1. The molecule has 0 saturated carbocycles. The van der Waals surface area contributed by atoms with Gasteiger partial charge in [-0.2, -0.15) is 0 Å². The predicted molar refractivity (Wildman–Crippen MR) is 100 cm³/mol. The Balaban J connectivity index is 1.76. The van der Waals surface area contributed by atoms with Crippen LogP contribution >= 0.6 is 23.4 Å². The summed E-state index contributed by atoms with van der Waals surface area (Å²) in [6, 6.07) is 16.3. The fourth-order valence-corrected chi connectivity index (χ4v) is 3.25. The van der Waals surface area contributed by atoms with E-state index < -0.39 is 5.97 Å². The summed E-state index contributed by atoms with van der Waals surface area (Å²) in [6.07, 6.45) is 0. The maximum Gasteiger partial charge on any atom is 0.335 e. The summed E-state index contributed by atoms with van der Waals surface area (Å²) in [6.45, 7) is 1.94. The van der Waals surface area contributed by atoms with E-state index >= 15 is 0 Å². The van der Waals surface area contributed by atoms with Gasteiger partial charge < -0.3 is 5.11 Å². The Labute approximate surface area is 154 Å². The van der Waals surface area contributed by atoms with Crippen LogP contribution < -0.4 is 0 Å². The van der Waals surface area contributed by atoms with E-state index in [1.165, 1.54) is 11.8 Å². The lowest BCUT2D eigenvalue weighted by atomic mass is 10.1. The van der Waals surface area contributed by atoms with Gasteiger partial charge in [-0.3, -0.25) is 0 Å². The second kappa shape index (κ2) is 7.68. The van der Waals surface area contributed by atoms with Crippen molar-refractivity contribution in [3.05, 3.63) is 76.4 Å². The molecule has 0 atom stereocenters. The first-order chi connectivity index (χ1) is 12.0. The van der Waals surface area contributed by atoms with Gasteiger partial charge in [0.1, 0.15) is 0 Å². The van der Waals surface area contributed by atoms with Gasteiger partial charge in [0.05, 0.1) is 11.3 Å². The molecule has 3 aromatic rings. The molecule has 0 bridgehead atoms. The van der Waals surface area contributed by atoms with Gasteiger partial charge >= 0.3 is 5.97 Å². The molecule has 0 radical (unpaired) electrons. The molecular weight excluding hydrogens is 356 g/mol. The Morgan fingerprint density at radius 1 is 1.08 bits per heavy atom. The number of benzene rings is 2. The third-order valence-corrected chi connectivity index (χ3v) is 4.71. The van der Waals surface area contributed by atoms with Gasteiger partial charge in [0.2, 0.25) is 0 Å². The SMILES string of the molecule is Cc1cc(-c2ccc(Cl)cc2)nc(SCc2ccc(C(=O)O)cc2)n1. The molecule has 1 N–H and O–H groups in total. The van der Waals surface area contributed by atoms with Crippen LogP contribution in [0.4, 0.5) is 0 Å². The van der Waals surface area contributed by atoms with Gasteiger partial charge in [-0.25, -0.2) is 14.8 Å². The highest BCUT2D eigenvalue weighted by Crippen LogP contribution is 2.25. The number of carboxylic acids is 1. The van der Waals surface area contributed by atoms with Crippen molar-refractivity contribution in [2.45, 2.75) is 17.8 Å². The molecule has 0 unspecified atom stereocenters. The number of aromatic nitrogens is 2. The molecule has 0 spiro atoms. The van der Waals surface area contributed by atoms with E-state index in [1.54, 1.807) is 12.1 Å². The standard InChI is InChI=1S/C19H15ClN2O2S/c1-12-10-17(14-6-8-16(20)9-7-14)22-19(21-12)25-11-13-2-4-15(5-3-13)18(23)24/h2-10H,11H2,1H3,(H,23,24). The highest BCUT2D eigenvalue weighted by molar-refractivity contribution is 7.98. The van der Waals surface area contributed by atoms with Gasteiger partial charge in [-0.1, -0.05) is 47.6 Å². The second-order valence-electron chi connectivity index (χ2n) is 5.47. The van der Waals surface area contributed by atoms with Crippen molar-refractivity contribution in [1.82, 2.24) is 9.97 Å². The molecule has 126 valence electrons. The molecule has 25 heavy (non-hydrogen) atoms. The number of aryl methyl sites for hydroxylation is 1. The van der Waals surface area contributed by atoms with Crippen molar-refractivity contribution in [2.24, 2.45) is 0 Å². The summed E-state index contributed by atoms with van der Waals surface area (Å²) in [5.41, 5.74) is 4.04. The lowest BCUT2D eigenvalue weighted by Crippen LogP contribution is -1.96. The van der Waals surface area contributed by atoms with Crippen LogP contribution in [0.15, 0.2) is 59.8 Å². The maximum absolute atomic E-state index is 10.9. The zero-order valence-electron chi connectivity index (χ0n) is 13.4. The average Bonchev–Trinajstić information content (AvgIpc) is 2.60. The molecule has 1 aromatic heterocycles. The van der Waals surface area contributed by atoms with Crippen molar-refractivity contribution in [2.75, 3.05) is 0 Å². The first kappa shape index (κ1) is 17.5. The largest absolute Gasteiger partial charge is 0.478 e. The number of hydrogen-bond donors (Lipinski definition) is 1. The Hall–Kier alpha value is -2.37.